The van der Waals surface area contributed by atoms with Gasteiger partial charge in [-0.15, -0.1) is 0 Å². The van der Waals surface area contributed by atoms with Gasteiger partial charge in [-0.3, -0.25) is 4.99 Å². The topological polar surface area (TPSA) is 21.6 Å². The first-order valence-electron chi connectivity index (χ1n) is 7.46. The van der Waals surface area contributed by atoms with Gasteiger partial charge in [0, 0.05) is 6.21 Å². The number of hydrogen-bond donors (Lipinski definition) is 0. The highest BCUT2D eigenvalue weighted by atomic mass is 35.5. The fourth-order valence-electron chi connectivity index (χ4n) is 2.14. The van der Waals surface area contributed by atoms with Crippen LogP contribution in [0.15, 0.2) is 77.8 Å². The maximum Gasteiger partial charge on any atom is 0.120 e. The molecule has 0 N–H and O–H groups in total. The third-order valence-electron chi connectivity index (χ3n) is 3.37. The summed E-state index contributed by atoms with van der Waals surface area (Å²) in [5.74, 6) is 0.803. The molecule has 24 heavy (non-hydrogen) atoms. The van der Waals surface area contributed by atoms with E-state index >= 15 is 0 Å². The molecule has 0 aliphatic rings. The molecule has 0 spiro atoms. The lowest BCUT2D eigenvalue weighted by atomic mass is 10.2. The molecular formula is C20H15Cl2NO. The van der Waals surface area contributed by atoms with Crippen LogP contribution in [0.2, 0.25) is 10.0 Å². The Morgan fingerprint density at radius 3 is 2.46 bits per heavy atom. The van der Waals surface area contributed by atoms with Gasteiger partial charge in [0.1, 0.15) is 12.4 Å². The number of ether oxygens (including phenoxy) is 1. The quantitative estimate of drug-likeness (QED) is 0.490. The number of aliphatic imine (C=N–C) groups is 1. The summed E-state index contributed by atoms with van der Waals surface area (Å²) in [5, 5.41) is 1.01. The normalized spacial score (nSPS) is 10.9. The number of benzene rings is 3. The second-order valence-electron chi connectivity index (χ2n) is 5.20. The zero-order valence-corrected chi connectivity index (χ0v) is 14.3. The van der Waals surface area contributed by atoms with Crippen molar-refractivity contribution >= 4 is 35.1 Å². The van der Waals surface area contributed by atoms with Crippen molar-refractivity contribution in [3.05, 3.63) is 94.0 Å². The summed E-state index contributed by atoms with van der Waals surface area (Å²) in [7, 11) is 0. The first-order valence-corrected chi connectivity index (χ1v) is 8.22. The van der Waals surface area contributed by atoms with Gasteiger partial charge < -0.3 is 4.74 Å². The number of nitrogens with zero attached hydrogens (tertiary/aromatic N) is 1. The van der Waals surface area contributed by atoms with Crippen LogP contribution in [0.25, 0.3) is 0 Å². The first-order chi connectivity index (χ1) is 11.7. The van der Waals surface area contributed by atoms with E-state index in [0.29, 0.717) is 16.7 Å². The molecular weight excluding hydrogens is 341 g/mol. The lowest BCUT2D eigenvalue weighted by molar-refractivity contribution is 0.306. The van der Waals surface area contributed by atoms with Crippen molar-refractivity contribution in [2.24, 2.45) is 4.99 Å². The zero-order chi connectivity index (χ0) is 16.8. The van der Waals surface area contributed by atoms with Crippen molar-refractivity contribution in [2.45, 2.75) is 6.61 Å². The lowest BCUT2D eigenvalue weighted by Gasteiger charge is -2.06. The standard InChI is InChI=1S/C20H15Cl2NO/c21-19-10-9-17(12-20(19)22)23-13-16-7-4-8-18(11-16)24-14-15-5-2-1-3-6-15/h1-13H,14H2. The number of halogens is 2. The zero-order valence-electron chi connectivity index (χ0n) is 12.8. The average Bonchev–Trinajstić information content (AvgIpc) is 2.62. The van der Waals surface area contributed by atoms with Gasteiger partial charge in [0.15, 0.2) is 0 Å². The molecule has 0 aliphatic carbocycles. The van der Waals surface area contributed by atoms with Gasteiger partial charge in [-0.05, 0) is 41.5 Å². The molecule has 0 fully saturated rings. The van der Waals surface area contributed by atoms with Gasteiger partial charge in [-0.25, -0.2) is 0 Å². The van der Waals surface area contributed by atoms with Gasteiger partial charge in [0.25, 0.3) is 0 Å². The Labute approximate surface area is 151 Å². The van der Waals surface area contributed by atoms with E-state index in [1.54, 1.807) is 18.3 Å². The molecule has 0 saturated carbocycles. The Morgan fingerprint density at radius 1 is 0.833 bits per heavy atom. The van der Waals surface area contributed by atoms with E-state index < -0.39 is 0 Å². The van der Waals surface area contributed by atoms with E-state index in [9.17, 15) is 0 Å². The highest BCUT2D eigenvalue weighted by Gasteiger charge is 1.99. The Hall–Kier alpha value is -2.29. The maximum atomic E-state index is 5.99. The van der Waals surface area contributed by atoms with Crippen LogP contribution in [-0.4, -0.2) is 6.21 Å². The van der Waals surface area contributed by atoms with E-state index in [1.807, 2.05) is 60.7 Å². The Kier molecular flexibility index (Phi) is 5.52. The van der Waals surface area contributed by atoms with E-state index in [-0.39, 0.29) is 0 Å². The largest absolute Gasteiger partial charge is 0.489 e. The molecule has 0 amide bonds. The molecule has 0 unspecified atom stereocenters. The van der Waals surface area contributed by atoms with Crippen molar-refractivity contribution in [3.8, 4) is 5.75 Å². The lowest BCUT2D eigenvalue weighted by Crippen LogP contribution is -1.95. The van der Waals surface area contributed by atoms with Crippen molar-refractivity contribution in [3.63, 3.8) is 0 Å². The minimum absolute atomic E-state index is 0.492. The monoisotopic (exact) mass is 355 g/mol. The molecule has 0 atom stereocenters. The fourth-order valence-corrected chi connectivity index (χ4v) is 2.43. The molecule has 0 heterocycles. The third-order valence-corrected chi connectivity index (χ3v) is 4.11. The Morgan fingerprint density at radius 2 is 1.67 bits per heavy atom. The highest BCUT2D eigenvalue weighted by Crippen LogP contribution is 2.26. The minimum atomic E-state index is 0.492. The molecule has 3 aromatic carbocycles. The molecule has 3 aromatic rings. The smallest absolute Gasteiger partial charge is 0.120 e. The van der Waals surface area contributed by atoms with Crippen molar-refractivity contribution < 1.29 is 4.74 Å². The van der Waals surface area contributed by atoms with E-state index in [2.05, 4.69) is 4.99 Å². The predicted octanol–water partition coefficient (Wildman–Crippen LogP) is 6.32. The summed E-state index contributed by atoms with van der Waals surface area (Å²) in [6.45, 7) is 0.536. The van der Waals surface area contributed by atoms with Gasteiger partial charge in [0.05, 0.1) is 15.7 Å². The second-order valence-corrected chi connectivity index (χ2v) is 6.02. The number of hydrogen-bond acceptors (Lipinski definition) is 2. The summed E-state index contributed by atoms with van der Waals surface area (Å²) in [6, 6.07) is 23.1. The minimum Gasteiger partial charge on any atom is -0.489 e. The highest BCUT2D eigenvalue weighted by molar-refractivity contribution is 6.42. The predicted molar refractivity (Wildman–Crippen MR) is 101 cm³/mol. The van der Waals surface area contributed by atoms with Crippen LogP contribution < -0.4 is 4.74 Å². The summed E-state index contributed by atoms with van der Waals surface area (Å²) in [5.41, 5.74) is 2.83. The van der Waals surface area contributed by atoms with Crippen LogP contribution in [0.3, 0.4) is 0 Å². The van der Waals surface area contributed by atoms with E-state index in [0.717, 1.165) is 22.6 Å². The SMILES string of the molecule is Clc1ccc(N=Cc2cccc(OCc3ccccc3)c2)cc1Cl. The van der Waals surface area contributed by atoms with Gasteiger partial charge in [-0.2, -0.15) is 0 Å². The van der Waals surface area contributed by atoms with E-state index in [4.69, 9.17) is 27.9 Å². The Bertz CT molecular complexity index is 847. The summed E-state index contributed by atoms with van der Waals surface area (Å²) >= 11 is 11.9. The van der Waals surface area contributed by atoms with Crippen LogP contribution >= 0.6 is 23.2 Å². The molecule has 0 aromatic heterocycles. The Balaban J connectivity index is 1.68. The molecule has 2 nitrogen and oxygen atoms in total. The van der Waals surface area contributed by atoms with Crippen LogP contribution in [-0.2, 0) is 6.61 Å². The van der Waals surface area contributed by atoms with E-state index in [1.165, 1.54) is 0 Å². The van der Waals surface area contributed by atoms with Crippen molar-refractivity contribution in [2.75, 3.05) is 0 Å². The molecule has 4 heteroatoms. The first kappa shape index (κ1) is 16.6. The second kappa shape index (κ2) is 8.00. The molecule has 0 saturated heterocycles. The fraction of sp³-hybridized carbons (Fsp3) is 0.0500. The summed E-state index contributed by atoms with van der Waals surface area (Å²) < 4.78 is 5.82. The molecule has 0 aliphatic heterocycles. The summed E-state index contributed by atoms with van der Waals surface area (Å²) in [4.78, 5) is 4.41. The third kappa shape index (κ3) is 4.60. The van der Waals surface area contributed by atoms with Gasteiger partial charge in [0.2, 0.25) is 0 Å². The maximum absolute atomic E-state index is 5.99. The van der Waals surface area contributed by atoms with Crippen LogP contribution in [0.1, 0.15) is 11.1 Å². The average molecular weight is 356 g/mol. The van der Waals surface area contributed by atoms with Crippen molar-refractivity contribution in [1.29, 1.82) is 0 Å². The number of rotatable bonds is 5. The summed E-state index contributed by atoms with van der Waals surface area (Å²) in [6.07, 6.45) is 1.77. The molecule has 3 rings (SSSR count). The molecule has 0 bridgehead atoms. The molecule has 120 valence electrons. The van der Waals surface area contributed by atoms with Gasteiger partial charge >= 0.3 is 0 Å². The van der Waals surface area contributed by atoms with Crippen LogP contribution in [0, 0.1) is 0 Å². The van der Waals surface area contributed by atoms with Crippen LogP contribution in [0.4, 0.5) is 5.69 Å². The van der Waals surface area contributed by atoms with Crippen LogP contribution in [0.5, 0.6) is 5.75 Å². The van der Waals surface area contributed by atoms with Gasteiger partial charge in [-0.1, -0.05) is 65.7 Å². The van der Waals surface area contributed by atoms with Crippen molar-refractivity contribution in [1.82, 2.24) is 0 Å². The molecule has 0 radical (unpaired) electrons.